The number of alkyl halides is 6. The maximum atomic E-state index is 12.3. The second kappa shape index (κ2) is 5.46. The average molecular weight is 368 g/mol. The van der Waals surface area contributed by atoms with E-state index in [1.165, 1.54) is 0 Å². The van der Waals surface area contributed by atoms with Gasteiger partial charge in [-0.05, 0) is 28.1 Å². The molecule has 0 bridgehead atoms. The van der Waals surface area contributed by atoms with Crippen molar-refractivity contribution >= 4 is 21.6 Å². The van der Waals surface area contributed by atoms with Gasteiger partial charge in [-0.25, -0.2) is 0 Å². The summed E-state index contributed by atoms with van der Waals surface area (Å²) in [7, 11) is 0. The molecule has 0 spiro atoms. The average Bonchev–Trinajstić information content (AvgIpc) is 2.22. The molecule has 11 heteroatoms. The van der Waals surface area contributed by atoms with Crippen LogP contribution in [0.1, 0.15) is 0 Å². The minimum absolute atomic E-state index is 0.303. The van der Waals surface area contributed by atoms with Gasteiger partial charge in [-0.1, -0.05) is 6.07 Å². The first-order valence-corrected chi connectivity index (χ1v) is 5.47. The molecule has 1 rings (SSSR count). The number of para-hydroxylation sites is 1. The molecule has 0 aliphatic heterocycles. The van der Waals surface area contributed by atoms with Gasteiger partial charge in [0.2, 0.25) is 0 Å². The SMILES string of the molecule is O=[N+]([O-])c1c(Br)cccc1OC(C(F)(F)F)C(F)(F)F. The summed E-state index contributed by atoms with van der Waals surface area (Å²) in [4.78, 5) is 9.51. The van der Waals surface area contributed by atoms with Crippen molar-refractivity contribution < 1.29 is 36.0 Å². The van der Waals surface area contributed by atoms with E-state index in [2.05, 4.69) is 20.7 Å². The van der Waals surface area contributed by atoms with Gasteiger partial charge in [0.15, 0.2) is 5.75 Å². The molecule has 0 saturated heterocycles. The highest BCUT2D eigenvalue weighted by Crippen LogP contribution is 2.41. The molecule has 4 nitrogen and oxygen atoms in total. The van der Waals surface area contributed by atoms with Gasteiger partial charge in [0.25, 0.3) is 6.10 Å². The Morgan fingerprint density at radius 2 is 1.65 bits per heavy atom. The number of benzene rings is 1. The lowest BCUT2D eigenvalue weighted by molar-refractivity contribution is -0.388. The third kappa shape index (κ3) is 3.74. The first-order chi connectivity index (χ1) is 8.94. The van der Waals surface area contributed by atoms with Gasteiger partial charge >= 0.3 is 18.0 Å². The highest BCUT2D eigenvalue weighted by Gasteiger charge is 2.59. The maximum absolute atomic E-state index is 12.3. The fourth-order valence-corrected chi connectivity index (χ4v) is 1.71. The van der Waals surface area contributed by atoms with Crippen LogP contribution in [0.25, 0.3) is 0 Å². The van der Waals surface area contributed by atoms with E-state index in [1.54, 1.807) is 0 Å². The minimum atomic E-state index is -5.76. The lowest BCUT2D eigenvalue weighted by atomic mass is 10.2. The number of ether oxygens (including phenoxy) is 1. The molecular weight excluding hydrogens is 364 g/mol. The number of halogens is 7. The van der Waals surface area contributed by atoms with Crippen molar-refractivity contribution in [2.45, 2.75) is 18.5 Å². The third-order valence-corrected chi connectivity index (χ3v) is 2.61. The van der Waals surface area contributed by atoms with Crippen LogP contribution in [0.15, 0.2) is 22.7 Å². The Hall–Kier alpha value is -1.52. The minimum Gasteiger partial charge on any atom is -0.464 e. The van der Waals surface area contributed by atoms with Crippen LogP contribution >= 0.6 is 15.9 Å². The molecule has 0 heterocycles. The molecule has 0 N–H and O–H groups in total. The van der Waals surface area contributed by atoms with Crippen molar-refractivity contribution in [2.24, 2.45) is 0 Å². The van der Waals surface area contributed by atoms with E-state index in [0.717, 1.165) is 12.1 Å². The molecule has 0 fully saturated rings. The second-order valence-electron chi connectivity index (χ2n) is 3.42. The van der Waals surface area contributed by atoms with E-state index in [1.807, 2.05) is 0 Å². The number of hydrogen-bond acceptors (Lipinski definition) is 3. The molecule has 20 heavy (non-hydrogen) atoms. The van der Waals surface area contributed by atoms with Crippen LogP contribution in [-0.2, 0) is 0 Å². The Labute approximate surface area is 115 Å². The first-order valence-electron chi connectivity index (χ1n) is 4.67. The summed E-state index contributed by atoms with van der Waals surface area (Å²) in [5.74, 6) is -1.14. The Bertz CT molecular complexity index is 501. The Kier molecular flexibility index (Phi) is 4.52. The van der Waals surface area contributed by atoms with Gasteiger partial charge in [-0.2, -0.15) is 26.3 Å². The molecule has 0 radical (unpaired) electrons. The lowest BCUT2D eigenvalue weighted by Crippen LogP contribution is -2.46. The van der Waals surface area contributed by atoms with Crippen molar-refractivity contribution in [2.75, 3.05) is 0 Å². The van der Waals surface area contributed by atoms with E-state index in [9.17, 15) is 36.5 Å². The van der Waals surface area contributed by atoms with Gasteiger partial charge in [-0.3, -0.25) is 10.1 Å². The van der Waals surface area contributed by atoms with Gasteiger partial charge in [0.1, 0.15) is 0 Å². The number of rotatable bonds is 3. The quantitative estimate of drug-likeness (QED) is 0.456. The standard InChI is InChI=1S/C9H4BrF6NO3/c10-4-2-1-3-5(6(4)17(18)19)20-7(8(11,12)13)9(14,15)16/h1-3,7H. The molecular formula is C9H4BrF6NO3. The summed E-state index contributed by atoms with van der Waals surface area (Å²) in [5.41, 5.74) is -1.02. The van der Waals surface area contributed by atoms with Crippen molar-refractivity contribution in [1.82, 2.24) is 0 Å². The number of nitro benzene ring substituents is 1. The zero-order chi connectivity index (χ0) is 15.7. The van der Waals surface area contributed by atoms with Crippen molar-refractivity contribution in [3.05, 3.63) is 32.8 Å². The van der Waals surface area contributed by atoms with Crippen LogP contribution < -0.4 is 4.74 Å². The van der Waals surface area contributed by atoms with Gasteiger partial charge in [-0.15, -0.1) is 0 Å². The zero-order valence-corrected chi connectivity index (χ0v) is 10.7. The van der Waals surface area contributed by atoms with Crippen LogP contribution in [0.3, 0.4) is 0 Å². The van der Waals surface area contributed by atoms with Crippen LogP contribution in [0.2, 0.25) is 0 Å². The molecule has 0 saturated carbocycles. The summed E-state index contributed by atoms with van der Waals surface area (Å²) in [6.07, 6.45) is -15.7. The van der Waals surface area contributed by atoms with E-state index >= 15 is 0 Å². The summed E-state index contributed by atoms with van der Waals surface area (Å²) in [5, 5.41) is 10.7. The van der Waals surface area contributed by atoms with E-state index in [-0.39, 0.29) is 4.47 Å². The largest absolute Gasteiger partial charge is 0.464 e. The smallest absolute Gasteiger partial charge is 0.434 e. The van der Waals surface area contributed by atoms with E-state index in [4.69, 9.17) is 0 Å². The van der Waals surface area contributed by atoms with Crippen LogP contribution in [-0.4, -0.2) is 23.4 Å². The molecule has 1 aromatic rings. The van der Waals surface area contributed by atoms with Crippen LogP contribution in [0.5, 0.6) is 5.75 Å². The number of nitro groups is 1. The fourth-order valence-electron chi connectivity index (χ4n) is 1.21. The van der Waals surface area contributed by atoms with Crippen molar-refractivity contribution in [3.63, 3.8) is 0 Å². The topological polar surface area (TPSA) is 52.4 Å². The van der Waals surface area contributed by atoms with Crippen LogP contribution in [0, 0.1) is 10.1 Å². The summed E-state index contributed by atoms with van der Waals surface area (Å²) < 4.78 is 77.3. The molecule has 1 aromatic carbocycles. The van der Waals surface area contributed by atoms with Gasteiger partial charge in [0, 0.05) is 0 Å². The molecule has 0 aromatic heterocycles. The molecule has 0 unspecified atom stereocenters. The summed E-state index contributed by atoms with van der Waals surface area (Å²) in [6.45, 7) is 0. The van der Waals surface area contributed by atoms with E-state index in [0.29, 0.717) is 6.07 Å². The predicted molar refractivity (Wildman–Crippen MR) is 57.3 cm³/mol. The first kappa shape index (κ1) is 16.5. The van der Waals surface area contributed by atoms with Gasteiger partial charge < -0.3 is 4.74 Å². The van der Waals surface area contributed by atoms with Gasteiger partial charge in [0.05, 0.1) is 9.40 Å². The number of nitrogens with zero attached hydrogens (tertiary/aromatic N) is 1. The third-order valence-electron chi connectivity index (χ3n) is 1.97. The Morgan fingerprint density at radius 3 is 2.05 bits per heavy atom. The molecule has 0 aliphatic rings. The summed E-state index contributed by atoms with van der Waals surface area (Å²) >= 11 is 2.65. The summed E-state index contributed by atoms with van der Waals surface area (Å²) in [6, 6.07) is 2.74. The highest BCUT2D eigenvalue weighted by molar-refractivity contribution is 9.10. The molecule has 0 atom stereocenters. The Balaban J connectivity index is 3.26. The number of hydrogen-bond donors (Lipinski definition) is 0. The predicted octanol–water partition coefficient (Wildman–Crippen LogP) is 4.23. The zero-order valence-electron chi connectivity index (χ0n) is 9.13. The normalized spacial score (nSPS) is 12.6. The maximum Gasteiger partial charge on any atom is 0.434 e. The van der Waals surface area contributed by atoms with Crippen molar-refractivity contribution in [3.8, 4) is 5.75 Å². The van der Waals surface area contributed by atoms with Crippen molar-refractivity contribution in [1.29, 1.82) is 0 Å². The monoisotopic (exact) mass is 367 g/mol. The lowest BCUT2D eigenvalue weighted by Gasteiger charge is -2.23. The molecule has 112 valence electrons. The van der Waals surface area contributed by atoms with Crippen LogP contribution in [0.4, 0.5) is 32.0 Å². The highest BCUT2D eigenvalue weighted by atomic mass is 79.9. The van der Waals surface area contributed by atoms with E-state index < -0.39 is 34.8 Å². The second-order valence-corrected chi connectivity index (χ2v) is 4.28. The fraction of sp³-hybridized carbons (Fsp3) is 0.333. The Morgan fingerprint density at radius 1 is 1.15 bits per heavy atom. The molecule has 0 amide bonds. The molecule has 0 aliphatic carbocycles.